The van der Waals surface area contributed by atoms with Crippen molar-refractivity contribution < 1.29 is 14.5 Å². The van der Waals surface area contributed by atoms with Gasteiger partial charge in [0.15, 0.2) is 6.61 Å². The Labute approximate surface area is 152 Å². The first-order valence-corrected chi connectivity index (χ1v) is 8.81. The third kappa shape index (κ3) is 4.39. The lowest BCUT2D eigenvalue weighted by Crippen LogP contribution is -2.31. The number of amides is 1. The molecule has 26 heavy (non-hydrogen) atoms. The summed E-state index contributed by atoms with van der Waals surface area (Å²) < 4.78 is 5.37. The van der Waals surface area contributed by atoms with E-state index < -0.39 is 4.92 Å². The molecule has 0 unspecified atom stereocenters. The van der Waals surface area contributed by atoms with E-state index in [0.717, 1.165) is 18.4 Å². The molecule has 136 valence electrons. The van der Waals surface area contributed by atoms with Gasteiger partial charge in [-0.3, -0.25) is 14.9 Å². The summed E-state index contributed by atoms with van der Waals surface area (Å²) in [6.07, 6.45) is 4.69. The molecule has 0 spiro atoms. The van der Waals surface area contributed by atoms with Gasteiger partial charge in [-0.2, -0.15) is 0 Å². The van der Waals surface area contributed by atoms with Crippen molar-refractivity contribution in [2.24, 2.45) is 0 Å². The highest BCUT2D eigenvalue weighted by Crippen LogP contribution is 2.25. The van der Waals surface area contributed by atoms with Crippen molar-refractivity contribution in [3.63, 3.8) is 0 Å². The van der Waals surface area contributed by atoms with E-state index in [0.29, 0.717) is 5.75 Å². The van der Waals surface area contributed by atoms with Crippen LogP contribution in [-0.4, -0.2) is 17.4 Å². The summed E-state index contributed by atoms with van der Waals surface area (Å²) in [5.74, 6) is 0.0394. The molecule has 2 aromatic carbocycles. The van der Waals surface area contributed by atoms with Crippen molar-refractivity contribution in [2.75, 3.05) is 6.61 Å². The van der Waals surface area contributed by atoms with Crippen molar-refractivity contribution >= 4 is 11.6 Å². The Balaban J connectivity index is 1.56. The number of carbonyl (C=O) groups is 1. The van der Waals surface area contributed by atoms with Crippen LogP contribution in [0.2, 0.25) is 0 Å². The first kappa shape index (κ1) is 17.9. The lowest BCUT2D eigenvalue weighted by Gasteiger charge is -2.20. The van der Waals surface area contributed by atoms with E-state index in [1.54, 1.807) is 6.07 Å². The number of rotatable bonds is 6. The average molecular weight is 354 g/mol. The molecule has 1 amide bonds. The van der Waals surface area contributed by atoms with Gasteiger partial charge in [0.05, 0.1) is 17.0 Å². The monoisotopic (exact) mass is 354 g/mol. The molecule has 1 atom stereocenters. The standard InChI is InChI=1S/C20H22N2O4/c1-14(16-10-9-15-5-2-3-6-17(15)11-16)21-20(23)13-26-19-8-4-7-18(12-19)22(24)25/h4,7-12,14H,2-3,5-6,13H2,1H3,(H,21,23)/t14-/m1/s1. The van der Waals surface area contributed by atoms with Crippen LogP contribution in [0.3, 0.4) is 0 Å². The van der Waals surface area contributed by atoms with E-state index in [-0.39, 0.29) is 24.2 Å². The van der Waals surface area contributed by atoms with Crippen LogP contribution >= 0.6 is 0 Å². The molecule has 0 aliphatic heterocycles. The number of hydrogen-bond donors (Lipinski definition) is 1. The summed E-state index contributed by atoms with van der Waals surface area (Å²) in [5, 5.41) is 13.7. The number of aryl methyl sites for hydroxylation is 2. The Kier molecular flexibility index (Phi) is 5.51. The number of nitro benzene ring substituents is 1. The number of fused-ring (bicyclic) bond motifs is 1. The van der Waals surface area contributed by atoms with E-state index in [2.05, 4.69) is 23.5 Å². The van der Waals surface area contributed by atoms with Gasteiger partial charge in [0.1, 0.15) is 5.75 Å². The second kappa shape index (κ2) is 7.99. The quantitative estimate of drug-likeness (QED) is 0.633. The Morgan fingerprint density at radius 3 is 2.73 bits per heavy atom. The predicted molar refractivity (Wildman–Crippen MR) is 98.2 cm³/mol. The number of hydrogen-bond acceptors (Lipinski definition) is 4. The SMILES string of the molecule is C[C@@H](NC(=O)COc1cccc([N+](=O)[O-])c1)c1ccc2c(c1)CCCC2. The zero-order valence-electron chi connectivity index (χ0n) is 14.7. The van der Waals surface area contributed by atoms with Crippen molar-refractivity contribution in [1.29, 1.82) is 0 Å². The second-order valence-electron chi connectivity index (χ2n) is 6.57. The van der Waals surface area contributed by atoms with E-state index in [1.165, 1.54) is 42.2 Å². The van der Waals surface area contributed by atoms with Gasteiger partial charge in [-0.05, 0) is 55.4 Å². The molecule has 3 rings (SSSR count). The molecule has 0 radical (unpaired) electrons. The second-order valence-corrected chi connectivity index (χ2v) is 6.57. The van der Waals surface area contributed by atoms with E-state index >= 15 is 0 Å². The molecule has 6 heteroatoms. The largest absolute Gasteiger partial charge is 0.484 e. The summed E-state index contributed by atoms with van der Waals surface area (Å²) in [7, 11) is 0. The van der Waals surface area contributed by atoms with E-state index in [1.807, 2.05) is 6.92 Å². The van der Waals surface area contributed by atoms with Crippen LogP contribution < -0.4 is 10.1 Å². The molecule has 6 nitrogen and oxygen atoms in total. The van der Waals surface area contributed by atoms with Crippen molar-refractivity contribution in [3.8, 4) is 5.75 Å². The number of non-ortho nitro benzene ring substituents is 1. The van der Waals surface area contributed by atoms with Crippen molar-refractivity contribution in [1.82, 2.24) is 5.32 Å². The van der Waals surface area contributed by atoms with Gasteiger partial charge in [0.25, 0.3) is 11.6 Å². The smallest absolute Gasteiger partial charge is 0.273 e. The highest BCUT2D eigenvalue weighted by Gasteiger charge is 2.15. The fourth-order valence-electron chi connectivity index (χ4n) is 3.22. The number of nitrogens with zero attached hydrogens (tertiary/aromatic N) is 1. The summed E-state index contributed by atoms with van der Waals surface area (Å²) >= 11 is 0. The summed E-state index contributed by atoms with van der Waals surface area (Å²) in [6, 6.07) is 12.1. The Morgan fingerprint density at radius 2 is 1.96 bits per heavy atom. The van der Waals surface area contributed by atoms with E-state index in [9.17, 15) is 14.9 Å². The van der Waals surface area contributed by atoms with Crippen LogP contribution in [-0.2, 0) is 17.6 Å². The molecule has 1 N–H and O–H groups in total. The maximum absolute atomic E-state index is 12.1. The molecular formula is C20H22N2O4. The molecule has 0 saturated carbocycles. The third-order valence-corrected chi connectivity index (χ3v) is 4.65. The minimum atomic E-state index is -0.495. The van der Waals surface area contributed by atoms with E-state index in [4.69, 9.17) is 4.74 Å². The Hall–Kier alpha value is -2.89. The minimum Gasteiger partial charge on any atom is -0.484 e. The molecule has 1 aliphatic carbocycles. The van der Waals surface area contributed by atoms with Crippen LogP contribution in [0.4, 0.5) is 5.69 Å². The zero-order valence-corrected chi connectivity index (χ0v) is 14.7. The lowest BCUT2D eigenvalue weighted by atomic mass is 9.89. The summed E-state index contributed by atoms with van der Waals surface area (Å²) in [4.78, 5) is 22.4. The summed E-state index contributed by atoms with van der Waals surface area (Å²) in [5.41, 5.74) is 3.80. The highest BCUT2D eigenvalue weighted by atomic mass is 16.6. The first-order valence-electron chi connectivity index (χ1n) is 8.81. The van der Waals surface area contributed by atoms with Gasteiger partial charge in [-0.1, -0.05) is 24.3 Å². The Bertz CT molecular complexity index is 819. The van der Waals surface area contributed by atoms with Gasteiger partial charge in [0, 0.05) is 6.07 Å². The number of ether oxygens (including phenoxy) is 1. The average Bonchev–Trinajstić information content (AvgIpc) is 2.66. The lowest BCUT2D eigenvalue weighted by molar-refractivity contribution is -0.384. The molecule has 1 aliphatic rings. The fourth-order valence-corrected chi connectivity index (χ4v) is 3.22. The first-order chi connectivity index (χ1) is 12.5. The fraction of sp³-hybridized carbons (Fsp3) is 0.350. The van der Waals surface area contributed by atoms with Gasteiger partial charge in [0.2, 0.25) is 0 Å². The molecule has 0 saturated heterocycles. The van der Waals surface area contributed by atoms with Crippen molar-refractivity contribution in [3.05, 3.63) is 69.3 Å². The molecule has 0 fully saturated rings. The predicted octanol–water partition coefficient (Wildman–Crippen LogP) is 3.73. The Morgan fingerprint density at radius 1 is 1.19 bits per heavy atom. The van der Waals surface area contributed by atoms with Gasteiger partial charge in [-0.25, -0.2) is 0 Å². The van der Waals surface area contributed by atoms with Crippen LogP contribution in [0.5, 0.6) is 5.75 Å². The topological polar surface area (TPSA) is 81.5 Å². The number of carbonyl (C=O) groups excluding carboxylic acids is 1. The van der Waals surface area contributed by atoms with Crippen LogP contribution in [0.25, 0.3) is 0 Å². The maximum Gasteiger partial charge on any atom is 0.273 e. The maximum atomic E-state index is 12.1. The molecule has 2 aromatic rings. The van der Waals surface area contributed by atoms with Crippen LogP contribution in [0.15, 0.2) is 42.5 Å². The van der Waals surface area contributed by atoms with Gasteiger partial charge >= 0.3 is 0 Å². The third-order valence-electron chi connectivity index (χ3n) is 4.65. The van der Waals surface area contributed by atoms with Crippen LogP contribution in [0, 0.1) is 10.1 Å². The number of benzene rings is 2. The molecule has 0 aromatic heterocycles. The molecule has 0 heterocycles. The normalized spacial score (nSPS) is 14.2. The zero-order chi connectivity index (χ0) is 18.5. The molecular weight excluding hydrogens is 332 g/mol. The van der Waals surface area contributed by atoms with Crippen molar-refractivity contribution in [2.45, 2.75) is 38.6 Å². The molecule has 0 bridgehead atoms. The minimum absolute atomic E-state index is 0.0645. The van der Waals surface area contributed by atoms with Gasteiger partial charge < -0.3 is 10.1 Å². The number of nitro groups is 1. The summed E-state index contributed by atoms with van der Waals surface area (Å²) in [6.45, 7) is 1.76. The van der Waals surface area contributed by atoms with Gasteiger partial charge in [-0.15, -0.1) is 0 Å². The number of nitrogens with one attached hydrogen (secondary N) is 1. The highest BCUT2D eigenvalue weighted by molar-refractivity contribution is 5.78. The van der Waals surface area contributed by atoms with Crippen LogP contribution in [0.1, 0.15) is 42.5 Å².